The van der Waals surface area contributed by atoms with Crippen LogP contribution in [0.15, 0.2) is 72.0 Å². The molecule has 1 heterocycles. The fourth-order valence-corrected chi connectivity index (χ4v) is 2.91. The van der Waals surface area contributed by atoms with E-state index in [1.54, 1.807) is 0 Å². The Morgan fingerprint density at radius 1 is 1.14 bits per heavy atom. The molecule has 0 aliphatic carbocycles. The van der Waals surface area contributed by atoms with E-state index in [4.69, 9.17) is 0 Å². The summed E-state index contributed by atoms with van der Waals surface area (Å²) in [7, 11) is 0. The molecule has 0 radical (unpaired) electrons. The van der Waals surface area contributed by atoms with Crippen LogP contribution in [0.5, 0.6) is 0 Å². The molecule has 0 aliphatic rings. The zero-order chi connectivity index (χ0) is 15.5. The lowest BCUT2D eigenvalue weighted by Gasteiger charge is -2.13. The van der Waals surface area contributed by atoms with Crippen molar-refractivity contribution in [2.24, 2.45) is 0 Å². The summed E-state index contributed by atoms with van der Waals surface area (Å²) in [5.41, 5.74) is 4.50. The summed E-state index contributed by atoms with van der Waals surface area (Å²) in [5, 5.41) is 0. The van der Waals surface area contributed by atoms with Gasteiger partial charge in [0, 0.05) is 29.0 Å². The highest BCUT2D eigenvalue weighted by molar-refractivity contribution is 9.10. The van der Waals surface area contributed by atoms with Crippen LogP contribution in [0.2, 0.25) is 0 Å². The molecule has 3 rings (SSSR count). The van der Waals surface area contributed by atoms with Gasteiger partial charge in [-0.1, -0.05) is 65.0 Å². The highest BCUT2D eigenvalue weighted by atomic mass is 79.9. The minimum atomic E-state index is 0.794. The van der Waals surface area contributed by atoms with Crippen LogP contribution in [0, 0.1) is 6.92 Å². The van der Waals surface area contributed by atoms with Gasteiger partial charge in [0.15, 0.2) is 0 Å². The van der Waals surface area contributed by atoms with Crippen LogP contribution in [-0.4, -0.2) is 9.55 Å². The lowest BCUT2D eigenvalue weighted by Crippen LogP contribution is -2.05. The monoisotopic (exact) mass is 352 g/mol. The Bertz CT molecular complexity index is 803. The second-order valence-electron chi connectivity index (χ2n) is 5.26. The third-order valence-corrected chi connectivity index (χ3v) is 4.63. The molecule has 0 atom stereocenters. The summed E-state index contributed by atoms with van der Waals surface area (Å²) in [4.78, 5) is 4.51. The van der Waals surface area contributed by atoms with Gasteiger partial charge in [-0.25, -0.2) is 4.98 Å². The third-order valence-electron chi connectivity index (χ3n) is 3.77. The molecule has 0 amide bonds. The number of benzene rings is 2. The maximum Gasteiger partial charge on any atom is 0.140 e. The van der Waals surface area contributed by atoms with Crippen molar-refractivity contribution in [3.8, 4) is 0 Å². The molecule has 0 spiro atoms. The summed E-state index contributed by atoms with van der Waals surface area (Å²) in [6.07, 6.45) is 3.83. The number of nitrogens with zero attached hydrogens (tertiary/aromatic N) is 2. The van der Waals surface area contributed by atoms with E-state index in [1.165, 1.54) is 11.1 Å². The fourth-order valence-electron chi connectivity index (χ4n) is 2.54. The summed E-state index contributed by atoms with van der Waals surface area (Å²) in [6, 6.07) is 16.5. The van der Waals surface area contributed by atoms with Crippen molar-refractivity contribution in [1.29, 1.82) is 0 Å². The molecule has 0 saturated carbocycles. The molecule has 3 aromatic rings. The first kappa shape index (κ1) is 14.8. The van der Waals surface area contributed by atoms with E-state index in [1.807, 2.05) is 30.6 Å². The van der Waals surface area contributed by atoms with Crippen molar-refractivity contribution in [3.05, 3.63) is 94.5 Å². The van der Waals surface area contributed by atoms with Crippen molar-refractivity contribution in [2.75, 3.05) is 0 Å². The maximum atomic E-state index is 4.51. The zero-order valence-corrected chi connectivity index (χ0v) is 14.0. The second kappa shape index (κ2) is 6.32. The van der Waals surface area contributed by atoms with Gasteiger partial charge in [0.1, 0.15) is 5.82 Å². The molecule has 0 saturated heterocycles. The average molecular weight is 353 g/mol. The van der Waals surface area contributed by atoms with Crippen molar-refractivity contribution >= 4 is 21.5 Å². The van der Waals surface area contributed by atoms with E-state index < -0.39 is 0 Å². The van der Waals surface area contributed by atoms with Gasteiger partial charge in [0.05, 0.1) is 0 Å². The Morgan fingerprint density at radius 3 is 2.68 bits per heavy atom. The van der Waals surface area contributed by atoms with Gasteiger partial charge in [0.2, 0.25) is 0 Å². The fraction of sp³-hybridized carbons (Fsp3) is 0.105. The SMILES string of the molecule is C=C(c1cccc(Br)c1C)c1nccn1Cc1ccccc1. The molecule has 2 aromatic carbocycles. The molecular formula is C19H17BrN2. The molecule has 0 N–H and O–H groups in total. The Kier molecular flexibility index (Phi) is 4.25. The molecular weight excluding hydrogens is 336 g/mol. The highest BCUT2D eigenvalue weighted by Crippen LogP contribution is 2.28. The number of imidazole rings is 1. The Labute approximate surface area is 139 Å². The van der Waals surface area contributed by atoms with E-state index >= 15 is 0 Å². The first-order valence-corrected chi connectivity index (χ1v) is 7.96. The van der Waals surface area contributed by atoms with E-state index in [2.05, 4.69) is 69.3 Å². The van der Waals surface area contributed by atoms with Crippen molar-refractivity contribution in [1.82, 2.24) is 9.55 Å². The second-order valence-corrected chi connectivity index (χ2v) is 6.11. The first-order chi connectivity index (χ1) is 10.7. The largest absolute Gasteiger partial charge is 0.327 e. The zero-order valence-electron chi connectivity index (χ0n) is 12.5. The number of hydrogen-bond acceptors (Lipinski definition) is 1. The molecule has 0 aliphatic heterocycles. The number of halogens is 1. The summed E-state index contributed by atoms with van der Waals surface area (Å²) < 4.78 is 3.23. The van der Waals surface area contributed by atoms with Gasteiger partial charge in [-0.2, -0.15) is 0 Å². The summed E-state index contributed by atoms with van der Waals surface area (Å²) >= 11 is 3.58. The van der Waals surface area contributed by atoms with Gasteiger partial charge in [-0.05, 0) is 29.7 Å². The lowest BCUT2D eigenvalue weighted by molar-refractivity contribution is 0.783. The Hall–Kier alpha value is -2.13. The predicted molar refractivity (Wildman–Crippen MR) is 94.8 cm³/mol. The third kappa shape index (κ3) is 2.90. The van der Waals surface area contributed by atoms with E-state index in [0.717, 1.165) is 28.0 Å². The number of hydrogen-bond donors (Lipinski definition) is 0. The van der Waals surface area contributed by atoms with Crippen molar-refractivity contribution < 1.29 is 0 Å². The summed E-state index contributed by atoms with van der Waals surface area (Å²) in [5.74, 6) is 0.907. The van der Waals surface area contributed by atoms with Gasteiger partial charge in [0.25, 0.3) is 0 Å². The standard InChI is InChI=1S/C19H17BrN2/c1-14-17(9-6-10-18(14)20)15(2)19-21-11-12-22(19)13-16-7-4-3-5-8-16/h3-12H,2,13H2,1H3. The Morgan fingerprint density at radius 2 is 1.91 bits per heavy atom. The van der Waals surface area contributed by atoms with Crippen molar-refractivity contribution in [3.63, 3.8) is 0 Å². The van der Waals surface area contributed by atoms with Crippen LogP contribution in [0.3, 0.4) is 0 Å². The topological polar surface area (TPSA) is 17.8 Å². The first-order valence-electron chi connectivity index (χ1n) is 7.16. The molecule has 0 bridgehead atoms. The van der Waals surface area contributed by atoms with Crippen LogP contribution in [0.1, 0.15) is 22.5 Å². The average Bonchev–Trinajstić information content (AvgIpc) is 2.98. The van der Waals surface area contributed by atoms with E-state index in [0.29, 0.717) is 0 Å². The van der Waals surface area contributed by atoms with Crippen molar-refractivity contribution in [2.45, 2.75) is 13.5 Å². The van der Waals surface area contributed by atoms with Gasteiger partial charge in [-0.15, -0.1) is 0 Å². The lowest BCUT2D eigenvalue weighted by atomic mass is 10.0. The molecule has 2 nitrogen and oxygen atoms in total. The van der Waals surface area contributed by atoms with Gasteiger partial charge >= 0.3 is 0 Å². The predicted octanol–water partition coefficient (Wildman–Crippen LogP) is 5.06. The van der Waals surface area contributed by atoms with E-state index in [-0.39, 0.29) is 0 Å². The van der Waals surface area contributed by atoms with Gasteiger partial charge in [-0.3, -0.25) is 0 Å². The molecule has 110 valence electrons. The van der Waals surface area contributed by atoms with Crippen LogP contribution >= 0.6 is 15.9 Å². The van der Waals surface area contributed by atoms with Crippen LogP contribution in [0.4, 0.5) is 0 Å². The quantitative estimate of drug-likeness (QED) is 0.641. The maximum absolute atomic E-state index is 4.51. The molecule has 22 heavy (non-hydrogen) atoms. The van der Waals surface area contributed by atoms with Crippen LogP contribution < -0.4 is 0 Å². The molecule has 1 aromatic heterocycles. The van der Waals surface area contributed by atoms with Crippen LogP contribution in [-0.2, 0) is 6.54 Å². The van der Waals surface area contributed by atoms with Gasteiger partial charge < -0.3 is 4.57 Å². The minimum Gasteiger partial charge on any atom is -0.327 e. The summed E-state index contributed by atoms with van der Waals surface area (Å²) in [6.45, 7) is 7.15. The minimum absolute atomic E-state index is 0.794. The smallest absolute Gasteiger partial charge is 0.140 e. The molecule has 0 unspecified atom stereocenters. The van der Waals surface area contributed by atoms with Crippen LogP contribution in [0.25, 0.3) is 5.57 Å². The highest BCUT2D eigenvalue weighted by Gasteiger charge is 2.12. The number of aromatic nitrogens is 2. The van der Waals surface area contributed by atoms with E-state index in [9.17, 15) is 0 Å². The Balaban J connectivity index is 1.95. The number of rotatable bonds is 4. The molecule has 0 fully saturated rings. The normalized spacial score (nSPS) is 10.6. The molecule has 3 heteroatoms.